The van der Waals surface area contributed by atoms with Crippen LogP contribution < -0.4 is 4.74 Å². The van der Waals surface area contributed by atoms with Gasteiger partial charge >= 0.3 is 5.97 Å². The van der Waals surface area contributed by atoms with Crippen LogP contribution in [0.15, 0.2) is 12.1 Å². The molecule has 3 nitrogen and oxygen atoms in total. The molecule has 14 heavy (non-hydrogen) atoms. The van der Waals surface area contributed by atoms with E-state index in [1.54, 1.807) is 6.07 Å². The maximum Gasteiger partial charge on any atom is 0.307 e. The second-order valence-electron chi connectivity index (χ2n) is 3.23. The van der Waals surface area contributed by atoms with E-state index in [9.17, 15) is 4.79 Å². The van der Waals surface area contributed by atoms with Crippen molar-refractivity contribution in [2.24, 2.45) is 0 Å². The van der Waals surface area contributed by atoms with E-state index < -0.39 is 5.97 Å². The zero-order valence-electron chi connectivity index (χ0n) is 7.42. The van der Waals surface area contributed by atoms with Gasteiger partial charge in [0.2, 0.25) is 0 Å². The molecule has 0 radical (unpaired) electrons. The van der Waals surface area contributed by atoms with Gasteiger partial charge in [0.15, 0.2) is 0 Å². The van der Waals surface area contributed by atoms with Gasteiger partial charge in [0.1, 0.15) is 5.75 Å². The third kappa shape index (κ3) is 1.68. The molecule has 1 heterocycles. The van der Waals surface area contributed by atoms with Gasteiger partial charge in [-0.3, -0.25) is 4.79 Å². The van der Waals surface area contributed by atoms with Gasteiger partial charge in [-0.25, -0.2) is 0 Å². The van der Waals surface area contributed by atoms with Crippen molar-refractivity contribution in [1.82, 2.24) is 0 Å². The lowest BCUT2D eigenvalue weighted by Gasteiger charge is -2.04. The number of hydrogen-bond acceptors (Lipinski definition) is 2. The molecule has 0 saturated carbocycles. The lowest BCUT2D eigenvalue weighted by Crippen LogP contribution is -2.00. The van der Waals surface area contributed by atoms with Gasteiger partial charge in [0.25, 0.3) is 0 Å². The van der Waals surface area contributed by atoms with Gasteiger partial charge in [-0.2, -0.15) is 0 Å². The molecule has 0 aliphatic carbocycles. The van der Waals surface area contributed by atoms with Gasteiger partial charge in [0.05, 0.1) is 18.1 Å². The summed E-state index contributed by atoms with van der Waals surface area (Å²) in [6.45, 7) is 0.631. The highest BCUT2D eigenvalue weighted by atomic mass is 35.5. The number of carboxylic acids is 1. The van der Waals surface area contributed by atoms with Crippen LogP contribution in [0, 0.1) is 0 Å². The van der Waals surface area contributed by atoms with Crippen molar-refractivity contribution < 1.29 is 14.6 Å². The first kappa shape index (κ1) is 9.34. The molecule has 0 bridgehead atoms. The van der Waals surface area contributed by atoms with Crippen LogP contribution in [0.5, 0.6) is 5.75 Å². The minimum absolute atomic E-state index is 0.00694. The first-order chi connectivity index (χ1) is 6.66. The minimum atomic E-state index is -0.847. The Balaban J connectivity index is 2.36. The van der Waals surface area contributed by atoms with E-state index >= 15 is 0 Å². The number of carboxylic acid groups (broad SMARTS) is 1. The Labute approximate surface area is 86.3 Å². The Morgan fingerprint density at radius 2 is 2.36 bits per heavy atom. The molecule has 0 atom stereocenters. The maximum absolute atomic E-state index is 10.5. The van der Waals surface area contributed by atoms with Crippen LogP contribution in [0.4, 0.5) is 0 Å². The van der Waals surface area contributed by atoms with E-state index in [-0.39, 0.29) is 6.42 Å². The zero-order chi connectivity index (χ0) is 10.1. The summed E-state index contributed by atoms with van der Waals surface area (Å²) in [5.41, 5.74) is 1.74. The summed E-state index contributed by atoms with van der Waals surface area (Å²) >= 11 is 5.94. The summed E-state index contributed by atoms with van der Waals surface area (Å²) in [7, 11) is 0. The Morgan fingerprint density at radius 1 is 1.57 bits per heavy atom. The molecule has 0 fully saturated rings. The van der Waals surface area contributed by atoms with Crippen LogP contribution in [0.1, 0.15) is 11.1 Å². The van der Waals surface area contributed by atoms with Gasteiger partial charge in [-0.1, -0.05) is 17.7 Å². The molecule has 4 heteroatoms. The molecule has 74 valence electrons. The molecule has 0 unspecified atom stereocenters. The van der Waals surface area contributed by atoms with E-state index in [0.29, 0.717) is 17.4 Å². The highest BCUT2D eigenvalue weighted by molar-refractivity contribution is 6.32. The number of benzene rings is 1. The largest absolute Gasteiger partial charge is 0.491 e. The fraction of sp³-hybridized carbons (Fsp3) is 0.300. The van der Waals surface area contributed by atoms with Crippen molar-refractivity contribution in [1.29, 1.82) is 0 Å². The van der Waals surface area contributed by atoms with E-state index in [0.717, 1.165) is 17.5 Å². The van der Waals surface area contributed by atoms with E-state index in [1.165, 1.54) is 0 Å². The summed E-state index contributed by atoms with van der Waals surface area (Å²) in [5.74, 6) is -0.138. The maximum atomic E-state index is 10.5. The van der Waals surface area contributed by atoms with Gasteiger partial charge in [-0.05, 0) is 17.2 Å². The topological polar surface area (TPSA) is 46.5 Å². The van der Waals surface area contributed by atoms with E-state index in [1.807, 2.05) is 6.07 Å². The van der Waals surface area contributed by atoms with E-state index in [4.69, 9.17) is 21.4 Å². The van der Waals surface area contributed by atoms with Gasteiger partial charge in [0, 0.05) is 6.42 Å². The predicted molar refractivity (Wildman–Crippen MR) is 52.0 cm³/mol. The average Bonchev–Trinajstić information content (AvgIpc) is 2.50. The van der Waals surface area contributed by atoms with Crippen LogP contribution in [0.25, 0.3) is 0 Å². The van der Waals surface area contributed by atoms with Crippen LogP contribution in [-0.2, 0) is 17.6 Å². The Kier molecular flexibility index (Phi) is 2.33. The fourth-order valence-electron chi connectivity index (χ4n) is 1.60. The van der Waals surface area contributed by atoms with Crippen LogP contribution in [0.2, 0.25) is 5.02 Å². The second kappa shape index (κ2) is 3.50. The summed E-state index contributed by atoms with van der Waals surface area (Å²) in [6.07, 6.45) is 0.815. The number of halogens is 1. The molecule has 1 aromatic carbocycles. The van der Waals surface area contributed by atoms with Crippen LogP contribution in [0.3, 0.4) is 0 Å². The van der Waals surface area contributed by atoms with Crippen molar-refractivity contribution in [3.63, 3.8) is 0 Å². The number of carbonyl (C=O) groups is 1. The number of rotatable bonds is 2. The molecule has 1 aliphatic heterocycles. The molecule has 0 amide bonds. The molecule has 0 saturated heterocycles. The fourth-order valence-corrected chi connectivity index (χ4v) is 1.92. The highest BCUT2D eigenvalue weighted by Crippen LogP contribution is 2.34. The quantitative estimate of drug-likeness (QED) is 0.815. The second-order valence-corrected chi connectivity index (χ2v) is 3.64. The number of ether oxygens (including phenoxy) is 1. The standard InChI is InChI=1S/C10H9ClO3/c11-8-4-6(5-9(12)13)3-7-1-2-14-10(7)8/h3-4H,1-2,5H2,(H,12,13). The van der Waals surface area contributed by atoms with Crippen molar-refractivity contribution in [3.05, 3.63) is 28.3 Å². The molecule has 1 N–H and O–H groups in total. The average molecular weight is 213 g/mol. The number of hydrogen-bond donors (Lipinski definition) is 1. The lowest BCUT2D eigenvalue weighted by atomic mass is 10.1. The Hall–Kier alpha value is -1.22. The minimum Gasteiger partial charge on any atom is -0.491 e. The predicted octanol–water partition coefficient (Wildman–Crippen LogP) is 1.90. The summed E-state index contributed by atoms with van der Waals surface area (Å²) in [4.78, 5) is 10.5. The van der Waals surface area contributed by atoms with Gasteiger partial charge in [-0.15, -0.1) is 0 Å². The van der Waals surface area contributed by atoms with Crippen molar-refractivity contribution in [2.75, 3.05) is 6.61 Å². The van der Waals surface area contributed by atoms with Crippen molar-refractivity contribution >= 4 is 17.6 Å². The lowest BCUT2D eigenvalue weighted by molar-refractivity contribution is -0.136. The Bertz CT molecular complexity index is 387. The molecule has 1 aromatic rings. The molecular formula is C10H9ClO3. The molecule has 0 aromatic heterocycles. The molecular weight excluding hydrogens is 204 g/mol. The monoisotopic (exact) mass is 212 g/mol. The van der Waals surface area contributed by atoms with Crippen LogP contribution >= 0.6 is 11.6 Å². The third-order valence-corrected chi connectivity index (χ3v) is 2.43. The molecule has 0 spiro atoms. The first-order valence-electron chi connectivity index (χ1n) is 4.32. The first-order valence-corrected chi connectivity index (χ1v) is 4.70. The van der Waals surface area contributed by atoms with Gasteiger partial charge < -0.3 is 9.84 Å². The summed E-state index contributed by atoms with van der Waals surface area (Å²) in [6, 6.07) is 3.50. The summed E-state index contributed by atoms with van der Waals surface area (Å²) < 4.78 is 5.31. The van der Waals surface area contributed by atoms with E-state index in [2.05, 4.69) is 0 Å². The zero-order valence-corrected chi connectivity index (χ0v) is 8.17. The summed E-state index contributed by atoms with van der Waals surface area (Å²) in [5, 5.41) is 9.14. The number of fused-ring (bicyclic) bond motifs is 1. The highest BCUT2D eigenvalue weighted by Gasteiger charge is 2.17. The van der Waals surface area contributed by atoms with Crippen LogP contribution in [-0.4, -0.2) is 17.7 Å². The molecule has 2 rings (SSSR count). The SMILES string of the molecule is O=C(O)Cc1cc(Cl)c2c(c1)CCO2. The molecule has 1 aliphatic rings. The van der Waals surface area contributed by atoms with Crippen molar-refractivity contribution in [3.8, 4) is 5.75 Å². The normalized spacial score (nSPS) is 13.5. The third-order valence-electron chi connectivity index (χ3n) is 2.15. The number of aliphatic carboxylic acids is 1. The van der Waals surface area contributed by atoms with Crippen molar-refractivity contribution in [2.45, 2.75) is 12.8 Å². The Morgan fingerprint density at radius 3 is 3.07 bits per heavy atom. The smallest absolute Gasteiger partial charge is 0.307 e.